The molecule has 0 saturated carbocycles. The molecule has 0 unspecified atom stereocenters. The summed E-state index contributed by atoms with van der Waals surface area (Å²) in [5.41, 5.74) is 0.932. The fraction of sp³-hybridized carbons (Fsp3) is 0.250. The molecular weight excluding hydrogens is 176 g/mol. The van der Waals surface area contributed by atoms with Crippen LogP contribution in [0.2, 0.25) is 0 Å². The first kappa shape index (κ1) is 10.5. The Labute approximate surface area is 84.2 Å². The Balaban J connectivity index is 2.74. The summed E-state index contributed by atoms with van der Waals surface area (Å²) < 4.78 is 5.15. The van der Waals surface area contributed by atoms with E-state index in [-0.39, 0.29) is 5.78 Å². The molecule has 0 amide bonds. The Bertz CT molecular complexity index is 329. The van der Waals surface area contributed by atoms with Crippen LogP contribution in [0.3, 0.4) is 0 Å². The number of benzene rings is 1. The summed E-state index contributed by atoms with van der Waals surface area (Å²) in [6.07, 6.45) is 2.45. The van der Waals surface area contributed by atoms with Crippen molar-refractivity contribution in [2.45, 2.75) is 12.8 Å². The minimum absolute atomic E-state index is 0.157. The topological polar surface area (TPSA) is 26.3 Å². The van der Waals surface area contributed by atoms with E-state index in [4.69, 9.17) is 4.74 Å². The van der Waals surface area contributed by atoms with Gasteiger partial charge in [-0.15, -0.1) is 6.58 Å². The van der Waals surface area contributed by atoms with Crippen LogP contribution in [0.25, 0.3) is 0 Å². The van der Waals surface area contributed by atoms with Crippen LogP contribution in [0, 0.1) is 0 Å². The lowest BCUT2D eigenvalue weighted by molar-refractivity contribution is -0.117. The van der Waals surface area contributed by atoms with Gasteiger partial charge >= 0.3 is 0 Å². The highest BCUT2D eigenvalue weighted by Crippen LogP contribution is 2.18. The van der Waals surface area contributed by atoms with Crippen LogP contribution < -0.4 is 4.74 Å². The molecule has 0 aliphatic carbocycles. The van der Waals surface area contributed by atoms with Gasteiger partial charge in [-0.05, 0) is 6.07 Å². The van der Waals surface area contributed by atoms with E-state index in [1.807, 2.05) is 24.3 Å². The Hall–Kier alpha value is -1.57. The average Bonchev–Trinajstić information content (AvgIpc) is 2.19. The van der Waals surface area contributed by atoms with E-state index in [0.29, 0.717) is 12.8 Å². The second-order valence-electron chi connectivity index (χ2n) is 3.02. The van der Waals surface area contributed by atoms with Gasteiger partial charge in [-0.25, -0.2) is 0 Å². The first-order valence-electron chi connectivity index (χ1n) is 4.52. The molecule has 0 bridgehead atoms. The molecule has 0 fully saturated rings. The molecule has 0 aliphatic rings. The van der Waals surface area contributed by atoms with Crippen molar-refractivity contribution < 1.29 is 9.53 Å². The first-order chi connectivity index (χ1) is 6.77. The van der Waals surface area contributed by atoms with Crippen molar-refractivity contribution in [1.29, 1.82) is 0 Å². The Kier molecular flexibility index (Phi) is 3.92. The molecule has 0 radical (unpaired) electrons. The van der Waals surface area contributed by atoms with Crippen molar-refractivity contribution >= 4 is 5.78 Å². The molecule has 0 spiro atoms. The van der Waals surface area contributed by atoms with Crippen LogP contribution in [-0.2, 0) is 11.2 Å². The third kappa shape index (κ3) is 2.73. The number of hydrogen-bond acceptors (Lipinski definition) is 2. The maximum absolute atomic E-state index is 11.4. The monoisotopic (exact) mass is 190 g/mol. The molecule has 14 heavy (non-hydrogen) atoms. The molecular formula is C12H14O2. The highest BCUT2D eigenvalue weighted by molar-refractivity contribution is 5.82. The molecule has 0 aromatic heterocycles. The van der Waals surface area contributed by atoms with Gasteiger partial charge < -0.3 is 4.74 Å². The van der Waals surface area contributed by atoms with Crippen molar-refractivity contribution in [3.8, 4) is 5.75 Å². The van der Waals surface area contributed by atoms with Crippen LogP contribution in [0.4, 0.5) is 0 Å². The van der Waals surface area contributed by atoms with Crippen molar-refractivity contribution in [3.05, 3.63) is 42.5 Å². The fourth-order valence-electron chi connectivity index (χ4n) is 1.29. The number of carbonyl (C=O) groups excluding carboxylic acids is 1. The second-order valence-corrected chi connectivity index (χ2v) is 3.02. The van der Waals surface area contributed by atoms with Crippen LogP contribution in [0.15, 0.2) is 36.9 Å². The summed E-state index contributed by atoms with van der Waals surface area (Å²) in [6.45, 7) is 3.53. The molecule has 2 nitrogen and oxygen atoms in total. The summed E-state index contributed by atoms with van der Waals surface area (Å²) in [5, 5.41) is 0. The van der Waals surface area contributed by atoms with Gasteiger partial charge in [0.2, 0.25) is 0 Å². The predicted octanol–water partition coefficient (Wildman–Crippen LogP) is 2.38. The Morgan fingerprint density at radius 1 is 1.50 bits per heavy atom. The minimum Gasteiger partial charge on any atom is -0.496 e. The molecule has 0 aliphatic heterocycles. The molecule has 0 heterocycles. The van der Waals surface area contributed by atoms with E-state index in [1.165, 1.54) is 0 Å². The Morgan fingerprint density at radius 2 is 2.21 bits per heavy atom. The zero-order valence-electron chi connectivity index (χ0n) is 8.32. The normalized spacial score (nSPS) is 9.50. The van der Waals surface area contributed by atoms with Gasteiger partial charge in [0.15, 0.2) is 0 Å². The number of para-hydroxylation sites is 1. The number of rotatable bonds is 5. The van der Waals surface area contributed by atoms with Crippen LogP contribution in [0.5, 0.6) is 5.75 Å². The third-order valence-corrected chi connectivity index (χ3v) is 1.95. The molecule has 0 saturated heterocycles. The lowest BCUT2D eigenvalue weighted by Crippen LogP contribution is -2.02. The SMILES string of the molecule is C=CCC(=O)Cc1ccccc1OC. The van der Waals surface area contributed by atoms with Crippen molar-refractivity contribution in [2.24, 2.45) is 0 Å². The van der Waals surface area contributed by atoms with E-state index in [2.05, 4.69) is 6.58 Å². The van der Waals surface area contributed by atoms with Crippen LogP contribution in [0.1, 0.15) is 12.0 Å². The van der Waals surface area contributed by atoms with Gasteiger partial charge in [-0.2, -0.15) is 0 Å². The predicted molar refractivity (Wildman–Crippen MR) is 56.5 cm³/mol. The number of ketones is 1. The van der Waals surface area contributed by atoms with Crippen molar-refractivity contribution in [2.75, 3.05) is 7.11 Å². The maximum Gasteiger partial charge on any atom is 0.141 e. The van der Waals surface area contributed by atoms with E-state index in [9.17, 15) is 4.79 Å². The zero-order valence-corrected chi connectivity index (χ0v) is 8.32. The number of Topliss-reactive ketones (excluding diaryl/α,β-unsaturated/α-hetero) is 1. The van der Waals surface area contributed by atoms with E-state index >= 15 is 0 Å². The van der Waals surface area contributed by atoms with Crippen LogP contribution in [-0.4, -0.2) is 12.9 Å². The first-order valence-corrected chi connectivity index (χ1v) is 4.52. The number of allylic oxidation sites excluding steroid dienone is 1. The van der Waals surface area contributed by atoms with Gasteiger partial charge in [-0.1, -0.05) is 24.3 Å². The standard InChI is InChI=1S/C12H14O2/c1-3-6-11(13)9-10-7-4-5-8-12(10)14-2/h3-5,7-8H,1,6,9H2,2H3. The van der Waals surface area contributed by atoms with Crippen molar-refractivity contribution in [3.63, 3.8) is 0 Å². The van der Waals surface area contributed by atoms with E-state index in [0.717, 1.165) is 11.3 Å². The lowest BCUT2D eigenvalue weighted by atomic mass is 10.1. The van der Waals surface area contributed by atoms with Crippen molar-refractivity contribution in [1.82, 2.24) is 0 Å². The maximum atomic E-state index is 11.4. The third-order valence-electron chi connectivity index (χ3n) is 1.95. The number of methoxy groups -OCH3 is 1. The molecule has 1 aromatic rings. The molecule has 74 valence electrons. The van der Waals surface area contributed by atoms with Crippen LogP contribution >= 0.6 is 0 Å². The summed E-state index contributed by atoms with van der Waals surface area (Å²) in [5.74, 6) is 0.925. The minimum atomic E-state index is 0.157. The molecule has 1 rings (SSSR count). The summed E-state index contributed by atoms with van der Waals surface area (Å²) in [4.78, 5) is 11.4. The highest BCUT2D eigenvalue weighted by Gasteiger charge is 2.06. The van der Waals surface area contributed by atoms with Gasteiger partial charge in [0.05, 0.1) is 7.11 Å². The summed E-state index contributed by atoms with van der Waals surface area (Å²) >= 11 is 0. The van der Waals surface area contributed by atoms with Gasteiger partial charge in [-0.3, -0.25) is 4.79 Å². The zero-order chi connectivity index (χ0) is 10.4. The summed E-state index contributed by atoms with van der Waals surface area (Å²) in [7, 11) is 1.61. The van der Waals surface area contributed by atoms with E-state index < -0.39 is 0 Å². The lowest BCUT2D eigenvalue weighted by Gasteiger charge is -2.06. The molecule has 2 heteroatoms. The largest absolute Gasteiger partial charge is 0.496 e. The number of carbonyl (C=O) groups is 1. The quantitative estimate of drug-likeness (QED) is 0.666. The van der Waals surface area contributed by atoms with Gasteiger partial charge in [0, 0.05) is 18.4 Å². The molecule has 1 aromatic carbocycles. The second kappa shape index (κ2) is 5.22. The smallest absolute Gasteiger partial charge is 0.141 e. The van der Waals surface area contributed by atoms with Gasteiger partial charge in [0.1, 0.15) is 11.5 Å². The molecule has 0 atom stereocenters. The Morgan fingerprint density at radius 3 is 2.86 bits per heavy atom. The average molecular weight is 190 g/mol. The molecule has 0 N–H and O–H groups in total. The summed E-state index contributed by atoms with van der Waals surface area (Å²) in [6, 6.07) is 7.55. The van der Waals surface area contributed by atoms with E-state index in [1.54, 1.807) is 13.2 Å². The number of ether oxygens (including phenoxy) is 1. The number of hydrogen-bond donors (Lipinski definition) is 0. The fourth-order valence-corrected chi connectivity index (χ4v) is 1.29. The highest BCUT2D eigenvalue weighted by atomic mass is 16.5. The van der Waals surface area contributed by atoms with Gasteiger partial charge in [0.25, 0.3) is 0 Å².